The zero-order valence-corrected chi connectivity index (χ0v) is 15.4. The first-order valence-corrected chi connectivity index (χ1v) is 8.49. The highest BCUT2D eigenvalue weighted by Gasteiger charge is 2.14. The molecule has 132 valence electrons. The molecule has 8 nitrogen and oxygen atoms in total. The molecule has 3 rings (SSSR count). The van der Waals surface area contributed by atoms with Gasteiger partial charge in [-0.25, -0.2) is 9.78 Å². The summed E-state index contributed by atoms with van der Waals surface area (Å²) >= 11 is 5.97. The average molecular weight is 380 g/mol. The van der Waals surface area contributed by atoms with E-state index in [9.17, 15) is 4.79 Å². The quantitative estimate of drug-likeness (QED) is 0.538. The number of rotatable bonds is 4. The van der Waals surface area contributed by atoms with Crippen molar-refractivity contribution in [2.24, 2.45) is 5.73 Å². The normalized spacial score (nSPS) is 10.0. The fourth-order valence-corrected chi connectivity index (χ4v) is 2.48. The van der Waals surface area contributed by atoms with Crippen LogP contribution in [0.5, 0.6) is 0 Å². The number of hydrogen-bond donors (Lipinski definition) is 1. The molecule has 0 saturated heterocycles. The molecule has 0 radical (unpaired) electrons. The summed E-state index contributed by atoms with van der Waals surface area (Å²) in [6.07, 6.45) is 0. The van der Waals surface area contributed by atoms with Gasteiger partial charge in [0.2, 0.25) is 0 Å². The van der Waals surface area contributed by atoms with Crippen molar-refractivity contribution in [1.29, 1.82) is 0 Å². The van der Waals surface area contributed by atoms with Crippen LogP contribution in [0.15, 0.2) is 26.6 Å². The molecule has 0 saturated carbocycles. The Labute approximate surface area is 153 Å². The van der Waals surface area contributed by atoms with Crippen LogP contribution in [-0.4, -0.2) is 32.9 Å². The molecular formula is C15H16N4O4S2. The van der Waals surface area contributed by atoms with Crippen LogP contribution in [0.1, 0.15) is 34.6 Å². The third kappa shape index (κ3) is 5.19. The van der Waals surface area contributed by atoms with Crippen LogP contribution in [0.2, 0.25) is 0 Å². The fraction of sp³-hybridized carbons (Fsp3) is 0.267. The van der Waals surface area contributed by atoms with Gasteiger partial charge in [0, 0.05) is 17.5 Å². The molecule has 25 heavy (non-hydrogen) atoms. The van der Waals surface area contributed by atoms with Crippen LogP contribution in [0.3, 0.4) is 0 Å². The first kappa shape index (κ1) is 18.7. The van der Waals surface area contributed by atoms with Crippen molar-refractivity contribution in [3.63, 3.8) is 0 Å². The molecule has 0 fully saturated rings. The van der Waals surface area contributed by atoms with Gasteiger partial charge in [-0.05, 0) is 20.8 Å². The van der Waals surface area contributed by atoms with E-state index in [4.69, 9.17) is 19.5 Å². The Balaban J connectivity index is 0.000000212. The summed E-state index contributed by atoms with van der Waals surface area (Å²) in [4.78, 5) is 15.8. The summed E-state index contributed by atoms with van der Waals surface area (Å²) in [7, 11) is 0. The van der Waals surface area contributed by atoms with Crippen molar-refractivity contribution in [3.05, 3.63) is 40.4 Å². The highest BCUT2D eigenvalue weighted by Crippen LogP contribution is 2.23. The summed E-state index contributed by atoms with van der Waals surface area (Å²) in [6.45, 7) is 5.69. The molecule has 3 aromatic rings. The number of aryl methyl sites for hydroxylation is 2. The van der Waals surface area contributed by atoms with Gasteiger partial charge in [-0.3, -0.25) is 0 Å². The van der Waals surface area contributed by atoms with E-state index < -0.39 is 5.97 Å². The third-order valence-corrected chi connectivity index (χ3v) is 3.79. The molecular weight excluding hydrogens is 364 g/mol. The minimum absolute atomic E-state index is 0.270. The van der Waals surface area contributed by atoms with E-state index in [-0.39, 0.29) is 4.99 Å². The number of thiocarbonyl (C=S) groups is 1. The molecule has 0 aliphatic carbocycles. The lowest BCUT2D eigenvalue weighted by molar-refractivity contribution is 0.0520. The zero-order chi connectivity index (χ0) is 18.4. The van der Waals surface area contributed by atoms with Crippen LogP contribution < -0.4 is 5.73 Å². The molecule has 0 aliphatic heterocycles. The number of hydrogen-bond acceptors (Lipinski definition) is 9. The Morgan fingerprint density at radius 3 is 2.40 bits per heavy atom. The van der Waals surface area contributed by atoms with E-state index in [1.165, 1.54) is 11.3 Å². The van der Waals surface area contributed by atoms with Crippen molar-refractivity contribution in [3.8, 4) is 10.7 Å². The fourth-order valence-electron chi connectivity index (χ4n) is 1.64. The van der Waals surface area contributed by atoms with Gasteiger partial charge in [-0.1, -0.05) is 22.5 Å². The van der Waals surface area contributed by atoms with Crippen LogP contribution >= 0.6 is 23.6 Å². The minimum atomic E-state index is -0.412. The number of aromatic nitrogens is 3. The Hall–Kier alpha value is -2.59. The van der Waals surface area contributed by atoms with Crippen molar-refractivity contribution in [1.82, 2.24) is 15.3 Å². The highest BCUT2D eigenvalue weighted by atomic mass is 32.1. The molecule has 0 amide bonds. The van der Waals surface area contributed by atoms with Crippen LogP contribution in [0.25, 0.3) is 10.7 Å². The molecule has 3 aromatic heterocycles. The maximum Gasteiger partial charge on any atom is 0.357 e. The molecule has 0 atom stereocenters. The number of thiazole rings is 1. The Morgan fingerprint density at radius 1 is 1.24 bits per heavy atom. The zero-order valence-electron chi connectivity index (χ0n) is 13.8. The van der Waals surface area contributed by atoms with E-state index in [0.29, 0.717) is 34.5 Å². The van der Waals surface area contributed by atoms with Crippen molar-refractivity contribution in [2.45, 2.75) is 20.8 Å². The Kier molecular flexibility index (Phi) is 6.37. The van der Waals surface area contributed by atoms with E-state index in [2.05, 4.69) is 27.5 Å². The van der Waals surface area contributed by atoms with Crippen LogP contribution in [0.4, 0.5) is 0 Å². The summed E-state index contributed by atoms with van der Waals surface area (Å²) in [5.74, 6) is 1.02. The summed E-state index contributed by atoms with van der Waals surface area (Å²) in [5, 5.41) is 9.70. The molecule has 3 heterocycles. The second-order valence-corrected chi connectivity index (χ2v) is 6.07. The van der Waals surface area contributed by atoms with Gasteiger partial charge >= 0.3 is 5.97 Å². The van der Waals surface area contributed by atoms with E-state index >= 15 is 0 Å². The third-order valence-electron chi connectivity index (χ3n) is 2.72. The van der Waals surface area contributed by atoms with Crippen molar-refractivity contribution in [2.75, 3.05) is 6.61 Å². The summed E-state index contributed by atoms with van der Waals surface area (Å²) < 4.78 is 14.5. The molecule has 2 N–H and O–H groups in total. The predicted molar refractivity (Wildman–Crippen MR) is 95.4 cm³/mol. The monoisotopic (exact) mass is 380 g/mol. The topological polar surface area (TPSA) is 117 Å². The van der Waals surface area contributed by atoms with Crippen LogP contribution in [-0.2, 0) is 4.74 Å². The summed E-state index contributed by atoms with van der Waals surface area (Å²) in [6, 6.07) is 3.47. The smallest absolute Gasteiger partial charge is 0.357 e. The molecule has 10 heteroatoms. The van der Waals surface area contributed by atoms with Gasteiger partial charge in [0.25, 0.3) is 0 Å². The summed E-state index contributed by atoms with van der Waals surface area (Å²) in [5.41, 5.74) is 6.72. The first-order valence-electron chi connectivity index (χ1n) is 7.20. The van der Waals surface area contributed by atoms with Gasteiger partial charge in [0.1, 0.15) is 32.9 Å². The Bertz CT molecular complexity index is 868. The SMILES string of the molecule is CCOC(=O)c1csc(-c2cc(C)on2)n1.Cc1cc(C(N)=S)no1. The lowest BCUT2D eigenvalue weighted by atomic mass is 10.4. The Morgan fingerprint density at radius 2 is 1.92 bits per heavy atom. The number of nitrogens with zero attached hydrogens (tertiary/aromatic N) is 3. The first-order chi connectivity index (χ1) is 11.9. The van der Waals surface area contributed by atoms with Gasteiger partial charge in [0.15, 0.2) is 5.69 Å². The maximum atomic E-state index is 11.4. The number of esters is 1. The molecule has 0 spiro atoms. The second kappa shape index (κ2) is 8.49. The number of carbonyl (C=O) groups excluding carboxylic acids is 1. The maximum absolute atomic E-state index is 11.4. The lowest BCUT2D eigenvalue weighted by Gasteiger charge is -1.95. The average Bonchev–Trinajstić information content (AvgIpc) is 3.28. The van der Waals surface area contributed by atoms with Gasteiger partial charge in [0.05, 0.1) is 6.61 Å². The molecule has 0 aliphatic rings. The van der Waals surface area contributed by atoms with E-state index in [1.807, 2.05) is 0 Å². The molecule has 0 aromatic carbocycles. The largest absolute Gasteiger partial charge is 0.461 e. The second-order valence-electron chi connectivity index (χ2n) is 4.77. The predicted octanol–water partition coefficient (Wildman–Crippen LogP) is 2.90. The van der Waals surface area contributed by atoms with E-state index in [0.717, 1.165) is 5.76 Å². The number of ether oxygens (including phenoxy) is 1. The van der Waals surface area contributed by atoms with Gasteiger partial charge in [-0.2, -0.15) is 0 Å². The van der Waals surface area contributed by atoms with Crippen LogP contribution in [0, 0.1) is 13.8 Å². The minimum Gasteiger partial charge on any atom is -0.461 e. The van der Waals surface area contributed by atoms with Gasteiger partial charge in [-0.15, -0.1) is 11.3 Å². The lowest BCUT2D eigenvalue weighted by Crippen LogP contribution is -2.09. The highest BCUT2D eigenvalue weighted by molar-refractivity contribution is 7.80. The van der Waals surface area contributed by atoms with Crippen molar-refractivity contribution >= 4 is 34.5 Å². The van der Waals surface area contributed by atoms with E-state index in [1.54, 1.807) is 38.3 Å². The number of carbonyl (C=O) groups is 1. The number of nitrogens with two attached hydrogens (primary N) is 1. The molecule has 0 bridgehead atoms. The van der Waals surface area contributed by atoms with Crippen molar-refractivity contribution < 1.29 is 18.6 Å². The van der Waals surface area contributed by atoms with Gasteiger partial charge < -0.3 is 19.5 Å². The standard InChI is InChI=1S/C10H10N2O3S.C5H6N2OS/c1-3-14-10(13)8-5-16-9(11-8)7-4-6(2)15-12-7;1-3-2-4(5(6)9)7-8-3/h4-5H,3H2,1-2H3;2H,1H3,(H2,6,9). The molecule has 0 unspecified atom stereocenters.